The van der Waals surface area contributed by atoms with E-state index in [4.69, 9.17) is 9.47 Å². The minimum absolute atomic E-state index is 0.315. The molecule has 1 aliphatic heterocycles. The highest BCUT2D eigenvalue weighted by Crippen LogP contribution is 2.24. The second kappa shape index (κ2) is 7.21. The molecule has 0 saturated heterocycles. The molecule has 0 spiro atoms. The van der Waals surface area contributed by atoms with Crippen LogP contribution in [0.15, 0.2) is 24.3 Å². The second-order valence-electron chi connectivity index (χ2n) is 5.85. The summed E-state index contributed by atoms with van der Waals surface area (Å²) in [7, 11) is 0. The molecular weight excluding hydrogens is 250 g/mol. The molecule has 1 fully saturated rings. The molecule has 3 nitrogen and oxygen atoms in total. The van der Waals surface area contributed by atoms with Crippen molar-refractivity contribution in [1.29, 1.82) is 0 Å². The van der Waals surface area contributed by atoms with Crippen molar-refractivity contribution in [3.8, 4) is 0 Å². The number of hydrogen-bond donors (Lipinski definition) is 1. The van der Waals surface area contributed by atoms with Gasteiger partial charge in [-0.05, 0) is 24.0 Å². The van der Waals surface area contributed by atoms with E-state index in [0.29, 0.717) is 12.1 Å². The van der Waals surface area contributed by atoms with E-state index in [1.54, 1.807) is 0 Å². The quantitative estimate of drug-likeness (QED) is 0.837. The summed E-state index contributed by atoms with van der Waals surface area (Å²) in [4.78, 5) is 0. The van der Waals surface area contributed by atoms with Crippen LogP contribution in [0.5, 0.6) is 0 Å². The van der Waals surface area contributed by atoms with Gasteiger partial charge in [0, 0.05) is 6.54 Å². The molecule has 1 aromatic carbocycles. The molecule has 1 heterocycles. The summed E-state index contributed by atoms with van der Waals surface area (Å²) in [5.74, 6) is 0. The van der Waals surface area contributed by atoms with Crippen molar-refractivity contribution < 1.29 is 9.47 Å². The topological polar surface area (TPSA) is 30.5 Å². The molecule has 1 unspecified atom stereocenters. The van der Waals surface area contributed by atoms with Crippen LogP contribution in [0.25, 0.3) is 0 Å². The molecule has 0 amide bonds. The largest absolute Gasteiger partial charge is 0.377 e. The minimum atomic E-state index is 0.315. The molecule has 0 bridgehead atoms. The Labute approximate surface area is 121 Å². The van der Waals surface area contributed by atoms with Gasteiger partial charge in [-0.15, -0.1) is 0 Å². The molecule has 1 aliphatic carbocycles. The summed E-state index contributed by atoms with van der Waals surface area (Å²) in [6, 6.07) is 8.86. The predicted molar refractivity (Wildman–Crippen MR) is 79.7 cm³/mol. The zero-order valence-corrected chi connectivity index (χ0v) is 12.1. The van der Waals surface area contributed by atoms with E-state index in [9.17, 15) is 0 Å². The third kappa shape index (κ3) is 3.60. The molecule has 20 heavy (non-hydrogen) atoms. The smallest absolute Gasteiger partial charge is 0.0721 e. The van der Waals surface area contributed by atoms with Gasteiger partial charge in [0.25, 0.3) is 0 Å². The first-order valence-corrected chi connectivity index (χ1v) is 7.94. The SMILES string of the molecule is c1ccc2c(c1)COCC2NCCOC1CCCCC1. The Bertz CT molecular complexity index is 415. The van der Waals surface area contributed by atoms with Gasteiger partial charge in [-0.1, -0.05) is 43.5 Å². The number of hydrogen-bond acceptors (Lipinski definition) is 3. The molecule has 1 atom stereocenters. The van der Waals surface area contributed by atoms with Gasteiger partial charge in [0.05, 0.1) is 32.0 Å². The molecule has 110 valence electrons. The fourth-order valence-corrected chi connectivity index (χ4v) is 3.24. The molecule has 2 aliphatic rings. The number of nitrogens with one attached hydrogen (secondary N) is 1. The Balaban J connectivity index is 1.43. The number of ether oxygens (including phenoxy) is 2. The lowest BCUT2D eigenvalue weighted by molar-refractivity contribution is 0.0254. The van der Waals surface area contributed by atoms with Crippen molar-refractivity contribution in [2.75, 3.05) is 19.8 Å². The van der Waals surface area contributed by atoms with E-state index in [1.165, 1.54) is 43.2 Å². The van der Waals surface area contributed by atoms with E-state index in [1.807, 2.05) is 0 Å². The predicted octanol–water partition coefficient (Wildman–Crippen LogP) is 3.20. The van der Waals surface area contributed by atoms with Crippen molar-refractivity contribution >= 4 is 0 Å². The normalized spacial score (nSPS) is 23.5. The highest BCUT2D eigenvalue weighted by Gasteiger charge is 2.19. The summed E-state index contributed by atoms with van der Waals surface area (Å²) < 4.78 is 11.6. The third-order valence-electron chi connectivity index (χ3n) is 4.37. The number of benzene rings is 1. The molecule has 1 N–H and O–H groups in total. The first kappa shape index (κ1) is 14.1. The molecule has 3 rings (SSSR count). The van der Waals surface area contributed by atoms with Gasteiger partial charge in [-0.3, -0.25) is 0 Å². The van der Waals surface area contributed by atoms with Crippen LogP contribution >= 0.6 is 0 Å². The molecular formula is C17H25NO2. The molecule has 1 saturated carbocycles. The van der Waals surface area contributed by atoms with Crippen molar-refractivity contribution in [2.45, 2.75) is 50.9 Å². The minimum Gasteiger partial charge on any atom is -0.377 e. The van der Waals surface area contributed by atoms with Gasteiger partial charge in [0.15, 0.2) is 0 Å². The summed E-state index contributed by atoms with van der Waals surface area (Å²) >= 11 is 0. The first-order valence-electron chi connectivity index (χ1n) is 7.94. The van der Waals surface area contributed by atoms with Gasteiger partial charge in [0.2, 0.25) is 0 Å². The molecule has 0 aromatic heterocycles. The standard InChI is InChI=1S/C17H25NO2/c1-2-7-15(8-3-1)20-11-10-18-17-13-19-12-14-6-4-5-9-16(14)17/h4-6,9,15,17-18H,1-3,7-8,10-13H2. The van der Waals surface area contributed by atoms with Crippen LogP contribution in [-0.2, 0) is 16.1 Å². The van der Waals surface area contributed by atoms with E-state index in [0.717, 1.165) is 26.4 Å². The lowest BCUT2D eigenvalue weighted by Gasteiger charge is -2.27. The Kier molecular flexibility index (Phi) is 5.06. The van der Waals surface area contributed by atoms with Gasteiger partial charge in [-0.2, -0.15) is 0 Å². The van der Waals surface area contributed by atoms with Crippen LogP contribution in [0.4, 0.5) is 0 Å². The van der Waals surface area contributed by atoms with E-state index in [-0.39, 0.29) is 0 Å². The van der Waals surface area contributed by atoms with Crippen molar-refractivity contribution in [3.63, 3.8) is 0 Å². The maximum Gasteiger partial charge on any atom is 0.0721 e. The molecule has 0 radical (unpaired) electrons. The van der Waals surface area contributed by atoms with Crippen molar-refractivity contribution in [2.24, 2.45) is 0 Å². The fourth-order valence-electron chi connectivity index (χ4n) is 3.24. The monoisotopic (exact) mass is 275 g/mol. The summed E-state index contributed by atoms with van der Waals surface area (Å²) in [6.07, 6.45) is 7.04. The van der Waals surface area contributed by atoms with Crippen LogP contribution in [0.2, 0.25) is 0 Å². The van der Waals surface area contributed by atoms with Crippen LogP contribution in [0.1, 0.15) is 49.3 Å². The summed E-state index contributed by atoms with van der Waals surface area (Å²) in [6.45, 7) is 3.22. The first-order chi connectivity index (χ1) is 9.93. The van der Waals surface area contributed by atoms with Crippen molar-refractivity contribution in [3.05, 3.63) is 35.4 Å². The summed E-state index contributed by atoms with van der Waals surface area (Å²) in [5, 5.41) is 3.57. The average Bonchev–Trinajstić information content (AvgIpc) is 2.53. The lowest BCUT2D eigenvalue weighted by atomic mass is 9.98. The Morgan fingerprint density at radius 2 is 2.00 bits per heavy atom. The highest BCUT2D eigenvalue weighted by atomic mass is 16.5. The van der Waals surface area contributed by atoms with Gasteiger partial charge in [-0.25, -0.2) is 0 Å². The Morgan fingerprint density at radius 3 is 2.90 bits per heavy atom. The van der Waals surface area contributed by atoms with Crippen LogP contribution in [-0.4, -0.2) is 25.9 Å². The van der Waals surface area contributed by atoms with Crippen LogP contribution in [0, 0.1) is 0 Å². The zero-order chi connectivity index (χ0) is 13.6. The highest BCUT2D eigenvalue weighted by molar-refractivity contribution is 5.30. The average molecular weight is 275 g/mol. The third-order valence-corrected chi connectivity index (χ3v) is 4.37. The van der Waals surface area contributed by atoms with Crippen molar-refractivity contribution in [1.82, 2.24) is 5.32 Å². The van der Waals surface area contributed by atoms with Gasteiger partial charge < -0.3 is 14.8 Å². The maximum absolute atomic E-state index is 5.96. The zero-order valence-electron chi connectivity index (χ0n) is 12.1. The van der Waals surface area contributed by atoms with Gasteiger partial charge >= 0.3 is 0 Å². The van der Waals surface area contributed by atoms with Gasteiger partial charge in [0.1, 0.15) is 0 Å². The Hall–Kier alpha value is -0.900. The van der Waals surface area contributed by atoms with E-state index in [2.05, 4.69) is 29.6 Å². The second-order valence-corrected chi connectivity index (χ2v) is 5.85. The van der Waals surface area contributed by atoms with Crippen LogP contribution < -0.4 is 5.32 Å². The number of fused-ring (bicyclic) bond motifs is 1. The fraction of sp³-hybridized carbons (Fsp3) is 0.647. The lowest BCUT2D eigenvalue weighted by Crippen LogP contribution is -2.33. The van der Waals surface area contributed by atoms with Crippen LogP contribution in [0.3, 0.4) is 0 Å². The molecule has 3 heteroatoms. The summed E-state index contributed by atoms with van der Waals surface area (Å²) in [5.41, 5.74) is 2.70. The van der Waals surface area contributed by atoms with E-state index < -0.39 is 0 Å². The Morgan fingerprint density at radius 1 is 1.15 bits per heavy atom. The van der Waals surface area contributed by atoms with E-state index >= 15 is 0 Å². The maximum atomic E-state index is 5.96. The molecule has 1 aromatic rings. The number of rotatable bonds is 5.